The van der Waals surface area contributed by atoms with Gasteiger partial charge in [0.1, 0.15) is 19.0 Å². The first kappa shape index (κ1) is 18.2. The van der Waals surface area contributed by atoms with Crippen LogP contribution in [0.3, 0.4) is 0 Å². The van der Waals surface area contributed by atoms with Crippen LogP contribution in [0.2, 0.25) is 0 Å². The Morgan fingerprint density at radius 2 is 2.12 bits per heavy atom. The lowest BCUT2D eigenvalue weighted by Gasteiger charge is -2.25. The number of nitrogens with one attached hydrogen (secondary N) is 1. The fourth-order valence-corrected chi connectivity index (χ4v) is 2.07. The van der Waals surface area contributed by atoms with Gasteiger partial charge < -0.3 is 19.4 Å². The van der Waals surface area contributed by atoms with Gasteiger partial charge in [-0.3, -0.25) is 4.79 Å². The molecule has 24 heavy (non-hydrogen) atoms. The molecule has 0 radical (unpaired) electrons. The van der Waals surface area contributed by atoms with E-state index >= 15 is 0 Å². The van der Waals surface area contributed by atoms with E-state index in [0.717, 1.165) is 25.6 Å². The number of imidazole rings is 1. The first-order valence-electron chi connectivity index (χ1n) is 7.50. The number of rotatable bonds is 7. The van der Waals surface area contributed by atoms with E-state index in [9.17, 15) is 22.8 Å². The Morgan fingerprint density at radius 3 is 2.67 bits per heavy atom. The standard InChI is InChI=1S/C14H18F3N3O4/c1-2-23-13(22)11-12(20(8-18-11)7-14(15,16)17)19-10(21)6-24-9-4-3-5-9/h8-9H,2-7H2,1H3,(H,19,21). The maximum absolute atomic E-state index is 12.6. The molecule has 7 nitrogen and oxygen atoms in total. The number of hydrogen-bond donors (Lipinski definition) is 1. The molecule has 1 aliphatic carbocycles. The average Bonchev–Trinajstić information content (AvgIpc) is 2.78. The average molecular weight is 349 g/mol. The minimum absolute atomic E-state index is 0.000336. The van der Waals surface area contributed by atoms with Gasteiger partial charge in [-0.15, -0.1) is 0 Å². The predicted molar refractivity (Wildman–Crippen MR) is 76.5 cm³/mol. The molecular formula is C14H18F3N3O4. The molecule has 0 aromatic carbocycles. The van der Waals surface area contributed by atoms with Gasteiger partial charge in [-0.1, -0.05) is 0 Å². The van der Waals surface area contributed by atoms with Gasteiger partial charge in [0, 0.05) is 0 Å². The van der Waals surface area contributed by atoms with Crippen LogP contribution in [0.1, 0.15) is 36.7 Å². The maximum Gasteiger partial charge on any atom is 0.406 e. The summed E-state index contributed by atoms with van der Waals surface area (Å²) in [4.78, 5) is 27.3. The largest absolute Gasteiger partial charge is 0.461 e. The van der Waals surface area contributed by atoms with Crippen molar-refractivity contribution in [3.63, 3.8) is 0 Å². The minimum atomic E-state index is -4.53. The number of carbonyl (C=O) groups excluding carboxylic acids is 2. The highest BCUT2D eigenvalue weighted by molar-refractivity contribution is 5.99. The summed E-state index contributed by atoms with van der Waals surface area (Å²) in [6, 6.07) is 0. The number of nitrogens with zero attached hydrogens (tertiary/aromatic N) is 2. The van der Waals surface area contributed by atoms with Crippen molar-refractivity contribution in [2.75, 3.05) is 18.5 Å². The number of anilines is 1. The molecule has 2 rings (SSSR count). The van der Waals surface area contributed by atoms with Crippen LogP contribution in [0.5, 0.6) is 0 Å². The summed E-state index contributed by atoms with van der Waals surface area (Å²) < 4.78 is 48.6. The van der Waals surface area contributed by atoms with Gasteiger partial charge >= 0.3 is 12.1 Å². The van der Waals surface area contributed by atoms with Crippen molar-refractivity contribution in [2.45, 2.75) is 45.0 Å². The first-order chi connectivity index (χ1) is 11.3. The van der Waals surface area contributed by atoms with Crippen molar-refractivity contribution in [3.8, 4) is 0 Å². The number of carbonyl (C=O) groups is 2. The van der Waals surface area contributed by atoms with Crippen LogP contribution in [0, 0.1) is 0 Å². The fraction of sp³-hybridized carbons (Fsp3) is 0.643. The molecule has 1 saturated carbocycles. The smallest absolute Gasteiger partial charge is 0.406 e. The summed E-state index contributed by atoms with van der Waals surface area (Å²) in [6.45, 7) is -0.110. The summed E-state index contributed by atoms with van der Waals surface area (Å²) in [6.07, 6.45) is -0.963. The molecule has 0 aliphatic heterocycles. The Labute approximate surface area is 136 Å². The van der Waals surface area contributed by atoms with Crippen molar-refractivity contribution >= 4 is 17.7 Å². The second-order valence-corrected chi connectivity index (χ2v) is 5.32. The highest BCUT2D eigenvalue weighted by atomic mass is 19.4. The zero-order chi connectivity index (χ0) is 17.7. The molecule has 1 amide bonds. The van der Waals surface area contributed by atoms with Gasteiger partial charge in [-0.2, -0.15) is 13.2 Å². The van der Waals surface area contributed by atoms with E-state index in [4.69, 9.17) is 9.47 Å². The van der Waals surface area contributed by atoms with Crippen LogP contribution in [-0.2, 0) is 20.8 Å². The van der Waals surface area contributed by atoms with E-state index in [0.29, 0.717) is 4.57 Å². The van der Waals surface area contributed by atoms with Gasteiger partial charge in [0.15, 0.2) is 5.69 Å². The zero-order valence-electron chi connectivity index (χ0n) is 13.1. The second kappa shape index (κ2) is 7.65. The van der Waals surface area contributed by atoms with Crippen molar-refractivity contribution < 1.29 is 32.2 Å². The molecule has 1 aromatic rings. The SMILES string of the molecule is CCOC(=O)c1ncn(CC(F)(F)F)c1NC(=O)COC1CCC1. The van der Waals surface area contributed by atoms with Crippen molar-refractivity contribution in [1.29, 1.82) is 0 Å². The third kappa shape index (κ3) is 4.95. The summed E-state index contributed by atoms with van der Waals surface area (Å²) in [5.41, 5.74) is -0.377. The van der Waals surface area contributed by atoms with Crippen LogP contribution >= 0.6 is 0 Å². The third-order valence-electron chi connectivity index (χ3n) is 3.42. The molecule has 0 bridgehead atoms. The Kier molecular flexibility index (Phi) is 5.81. The second-order valence-electron chi connectivity index (χ2n) is 5.32. The van der Waals surface area contributed by atoms with E-state index < -0.39 is 24.6 Å². The van der Waals surface area contributed by atoms with E-state index in [1.165, 1.54) is 0 Å². The Bertz CT molecular complexity index is 597. The molecule has 1 fully saturated rings. The number of aromatic nitrogens is 2. The molecule has 0 atom stereocenters. The summed E-state index contributed by atoms with van der Waals surface area (Å²) in [5, 5.41) is 2.26. The normalized spacial score (nSPS) is 15.0. The number of amides is 1. The van der Waals surface area contributed by atoms with Crippen molar-refractivity contribution in [1.82, 2.24) is 9.55 Å². The highest BCUT2D eigenvalue weighted by Crippen LogP contribution is 2.24. The van der Waals surface area contributed by atoms with E-state index in [2.05, 4.69) is 10.3 Å². The quantitative estimate of drug-likeness (QED) is 0.763. The molecule has 1 aromatic heterocycles. The van der Waals surface area contributed by atoms with Crippen molar-refractivity contribution in [3.05, 3.63) is 12.0 Å². The number of alkyl halides is 3. The van der Waals surface area contributed by atoms with Crippen LogP contribution < -0.4 is 5.32 Å². The molecule has 0 saturated heterocycles. The Morgan fingerprint density at radius 1 is 1.42 bits per heavy atom. The topological polar surface area (TPSA) is 82.5 Å². The van der Waals surface area contributed by atoms with Crippen LogP contribution in [-0.4, -0.2) is 46.9 Å². The molecule has 1 heterocycles. The van der Waals surface area contributed by atoms with Crippen LogP contribution in [0.25, 0.3) is 0 Å². The van der Waals surface area contributed by atoms with E-state index in [-0.39, 0.29) is 30.8 Å². The predicted octanol–water partition coefficient (Wildman–Crippen LogP) is 2.13. The zero-order valence-corrected chi connectivity index (χ0v) is 13.1. The highest BCUT2D eigenvalue weighted by Gasteiger charge is 2.31. The lowest BCUT2D eigenvalue weighted by atomic mass is 9.96. The summed E-state index contributed by atoms with van der Waals surface area (Å²) in [5.74, 6) is -1.92. The van der Waals surface area contributed by atoms with Crippen LogP contribution in [0.4, 0.5) is 19.0 Å². The Hall–Kier alpha value is -2.10. The lowest BCUT2D eigenvalue weighted by molar-refractivity contribution is -0.140. The molecular weight excluding hydrogens is 331 g/mol. The molecule has 0 spiro atoms. The van der Waals surface area contributed by atoms with Gasteiger partial charge in [-0.25, -0.2) is 9.78 Å². The fourth-order valence-electron chi connectivity index (χ4n) is 2.07. The lowest BCUT2D eigenvalue weighted by Crippen LogP contribution is -2.29. The van der Waals surface area contributed by atoms with Gasteiger partial charge in [0.05, 0.1) is 19.0 Å². The number of esters is 1. The summed E-state index contributed by atoms with van der Waals surface area (Å²) in [7, 11) is 0. The van der Waals surface area contributed by atoms with Gasteiger partial charge in [-0.05, 0) is 26.2 Å². The minimum Gasteiger partial charge on any atom is -0.461 e. The van der Waals surface area contributed by atoms with E-state index in [1.54, 1.807) is 6.92 Å². The number of ether oxygens (including phenoxy) is 2. The first-order valence-corrected chi connectivity index (χ1v) is 7.50. The molecule has 0 unspecified atom stereocenters. The van der Waals surface area contributed by atoms with Crippen LogP contribution in [0.15, 0.2) is 6.33 Å². The Balaban J connectivity index is 2.11. The number of halogens is 3. The maximum atomic E-state index is 12.6. The summed E-state index contributed by atoms with van der Waals surface area (Å²) >= 11 is 0. The van der Waals surface area contributed by atoms with Crippen molar-refractivity contribution in [2.24, 2.45) is 0 Å². The molecule has 134 valence electrons. The van der Waals surface area contributed by atoms with Gasteiger partial charge in [0.25, 0.3) is 5.91 Å². The van der Waals surface area contributed by atoms with E-state index in [1.807, 2.05) is 0 Å². The third-order valence-corrected chi connectivity index (χ3v) is 3.42. The molecule has 1 aliphatic rings. The monoisotopic (exact) mass is 349 g/mol. The van der Waals surface area contributed by atoms with Gasteiger partial charge in [0.2, 0.25) is 0 Å². The molecule has 1 N–H and O–H groups in total. The number of hydrogen-bond acceptors (Lipinski definition) is 5. The molecule has 10 heteroatoms.